The van der Waals surface area contributed by atoms with E-state index in [4.69, 9.17) is 0 Å². The molecule has 0 fully saturated rings. The minimum Gasteiger partial charge on any atom is -0.372 e. The van der Waals surface area contributed by atoms with Gasteiger partial charge in [0.25, 0.3) is 0 Å². The van der Waals surface area contributed by atoms with Crippen LogP contribution in [0, 0.1) is 0 Å². The van der Waals surface area contributed by atoms with Crippen LogP contribution in [0.3, 0.4) is 0 Å². The molecular weight excluding hydrogens is 259 g/mol. The lowest BCUT2D eigenvalue weighted by Crippen LogP contribution is -2.28. The Morgan fingerprint density at radius 3 is 2.68 bits per heavy atom. The maximum atomic E-state index is 11.9. The molecule has 0 spiro atoms. The maximum absolute atomic E-state index is 11.9. The molecule has 1 atom stereocenters. The fraction of sp³-hybridized carbons (Fsp3) is 0.750. The van der Waals surface area contributed by atoms with Gasteiger partial charge in [0.15, 0.2) is 0 Å². The lowest BCUT2D eigenvalue weighted by molar-refractivity contribution is -0.174. The molecule has 0 amide bonds. The van der Waals surface area contributed by atoms with Gasteiger partial charge in [0.05, 0.1) is 0 Å². The summed E-state index contributed by atoms with van der Waals surface area (Å²) < 4.78 is 42.1. The molecule has 0 radical (unpaired) electrons. The van der Waals surface area contributed by atoms with Gasteiger partial charge in [-0.05, 0) is 32.4 Å². The molecule has 1 unspecified atom stereocenters. The SMILES string of the molecule is CNC(CCOCC(F)(F)F)CCc1ccnn1C. The average Bonchev–Trinajstić information content (AvgIpc) is 2.73. The number of rotatable bonds is 8. The molecule has 0 aliphatic rings. The van der Waals surface area contributed by atoms with Crippen LogP contribution in [0.1, 0.15) is 18.5 Å². The summed E-state index contributed by atoms with van der Waals surface area (Å²) in [7, 11) is 3.67. The zero-order valence-corrected chi connectivity index (χ0v) is 11.2. The maximum Gasteiger partial charge on any atom is 0.411 e. The minimum atomic E-state index is -4.25. The van der Waals surface area contributed by atoms with Crippen molar-refractivity contribution in [3.8, 4) is 0 Å². The molecule has 1 aromatic rings. The Balaban J connectivity index is 2.21. The predicted molar refractivity (Wildman–Crippen MR) is 65.9 cm³/mol. The molecule has 1 rings (SSSR count). The molecule has 19 heavy (non-hydrogen) atoms. The second-order valence-electron chi connectivity index (χ2n) is 4.43. The number of aromatic nitrogens is 2. The third-order valence-electron chi connectivity index (χ3n) is 2.96. The summed E-state index contributed by atoms with van der Waals surface area (Å²) in [4.78, 5) is 0. The third-order valence-corrected chi connectivity index (χ3v) is 2.96. The Kier molecular flexibility index (Phi) is 6.30. The molecule has 1 N–H and O–H groups in total. The Labute approximate surface area is 110 Å². The highest BCUT2D eigenvalue weighted by atomic mass is 19.4. The third kappa shape index (κ3) is 6.58. The zero-order chi connectivity index (χ0) is 14.3. The predicted octanol–water partition coefficient (Wildman–Crippen LogP) is 1.91. The van der Waals surface area contributed by atoms with Crippen LogP contribution in [0.15, 0.2) is 12.3 Å². The normalized spacial score (nSPS) is 13.7. The van der Waals surface area contributed by atoms with E-state index < -0.39 is 12.8 Å². The molecule has 0 aliphatic heterocycles. The van der Waals surface area contributed by atoms with Crippen molar-refractivity contribution in [1.82, 2.24) is 15.1 Å². The van der Waals surface area contributed by atoms with Crippen molar-refractivity contribution in [2.75, 3.05) is 20.3 Å². The topological polar surface area (TPSA) is 39.1 Å². The fourth-order valence-corrected chi connectivity index (χ4v) is 1.82. The van der Waals surface area contributed by atoms with Crippen LogP contribution in [-0.2, 0) is 18.2 Å². The molecule has 0 aliphatic carbocycles. The summed E-state index contributed by atoms with van der Waals surface area (Å²) in [5, 5.41) is 7.16. The van der Waals surface area contributed by atoms with Crippen molar-refractivity contribution < 1.29 is 17.9 Å². The van der Waals surface area contributed by atoms with Gasteiger partial charge >= 0.3 is 6.18 Å². The fourth-order valence-electron chi connectivity index (χ4n) is 1.82. The Morgan fingerprint density at radius 1 is 1.42 bits per heavy atom. The van der Waals surface area contributed by atoms with E-state index in [1.165, 1.54) is 0 Å². The number of hydrogen-bond acceptors (Lipinski definition) is 3. The molecule has 1 aromatic heterocycles. The van der Waals surface area contributed by atoms with E-state index in [1.807, 2.05) is 13.1 Å². The largest absolute Gasteiger partial charge is 0.411 e. The average molecular weight is 279 g/mol. The second-order valence-corrected chi connectivity index (χ2v) is 4.43. The number of aryl methyl sites for hydroxylation is 2. The molecule has 0 bridgehead atoms. The van der Waals surface area contributed by atoms with E-state index >= 15 is 0 Å². The summed E-state index contributed by atoms with van der Waals surface area (Å²) >= 11 is 0. The van der Waals surface area contributed by atoms with Gasteiger partial charge in [0, 0.05) is 31.6 Å². The number of ether oxygens (including phenoxy) is 1. The first kappa shape index (κ1) is 16.0. The van der Waals surface area contributed by atoms with Gasteiger partial charge in [-0.15, -0.1) is 0 Å². The highest BCUT2D eigenvalue weighted by Crippen LogP contribution is 2.15. The van der Waals surface area contributed by atoms with E-state index in [1.54, 1.807) is 17.9 Å². The lowest BCUT2D eigenvalue weighted by Gasteiger charge is -2.16. The van der Waals surface area contributed by atoms with Gasteiger partial charge in [-0.1, -0.05) is 0 Å². The number of nitrogens with one attached hydrogen (secondary N) is 1. The lowest BCUT2D eigenvalue weighted by atomic mass is 10.1. The van der Waals surface area contributed by atoms with Crippen molar-refractivity contribution in [3.05, 3.63) is 18.0 Å². The number of halogens is 3. The van der Waals surface area contributed by atoms with Gasteiger partial charge in [-0.2, -0.15) is 18.3 Å². The highest BCUT2D eigenvalue weighted by molar-refractivity contribution is 5.00. The van der Waals surface area contributed by atoms with E-state index in [0.717, 1.165) is 18.5 Å². The first-order valence-electron chi connectivity index (χ1n) is 6.21. The van der Waals surface area contributed by atoms with E-state index in [-0.39, 0.29) is 12.6 Å². The Morgan fingerprint density at radius 2 is 2.16 bits per heavy atom. The summed E-state index contributed by atoms with van der Waals surface area (Å²) in [6.07, 6.45) is -0.281. The smallest absolute Gasteiger partial charge is 0.372 e. The van der Waals surface area contributed by atoms with Crippen LogP contribution < -0.4 is 5.32 Å². The summed E-state index contributed by atoms with van der Waals surface area (Å²) in [6.45, 7) is -1.07. The number of nitrogens with zero attached hydrogens (tertiary/aromatic N) is 2. The summed E-state index contributed by atoms with van der Waals surface area (Å²) in [5.41, 5.74) is 1.11. The van der Waals surface area contributed by atoms with Crippen molar-refractivity contribution in [2.45, 2.75) is 31.5 Å². The molecule has 4 nitrogen and oxygen atoms in total. The van der Waals surface area contributed by atoms with Gasteiger partial charge in [0.1, 0.15) is 6.61 Å². The molecule has 7 heteroatoms. The number of hydrogen-bond donors (Lipinski definition) is 1. The first-order valence-corrected chi connectivity index (χ1v) is 6.21. The highest BCUT2D eigenvalue weighted by Gasteiger charge is 2.27. The molecular formula is C12H20F3N3O. The van der Waals surface area contributed by atoms with Crippen LogP contribution in [-0.4, -0.2) is 42.3 Å². The van der Waals surface area contributed by atoms with E-state index in [2.05, 4.69) is 15.2 Å². The summed E-state index contributed by atoms with van der Waals surface area (Å²) in [5.74, 6) is 0. The molecule has 1 heterocycles. The van der Waals surface area contributed by atoms with E-state index in [0.29, 0.717) is 6.42 Å². The first-order chi connectivity index (χ1) is 8.92. The van der Waals surface area contributed by atoms with Gasteiger partial charge in [-0.3, -0.25) is 4.68 Å². The molecule has 110 valence electrons. The van der Waals surface area contributed by atoms with Crippen molar-refractivity contribution in [1.29, 1.82) is 0 Å². The standard InChI is InChI=1S/C12H20F3N3O/c1-16-10(6-8-19-9-12(13,14)15)3-4-11-5-7-17-18(11)2/h5,7,10,16H,3-4,6,8-9H2,1-2H3. The van der Waals surface area contributed by atoms with Crippen LogP contribution >= 0.6 is 0 Å². The van der Waals surface area contributed by atoms with Crippen molar-refractivity contribution in [2.24, 2.45) is 7.05 Å². The monoisotopic (exact) mass is 279 g/mol. The van der Waals surface area contributed by atoms with Crippen molar-refractivity contribution >= 4 is 0 Å². The molecule has 0 saturated heterocycles. The van der Waals surface area contributed by atoms with Crippen molar-refractivity contribution in [3.63, 3.8) is 0 Å². The molecule has 0 aromatic carbocycles. The van der Waals surface area contributed by atoms with E-state index in [9.17, 15) is 13.2 Å². The second kappa shape index (κ2) is 7.49. The zero-order valence-electron chi connectivity index (χ0n) is 11.2. The molecule has 0 saturated carbocycles. The minimum absolute atomic E-state index is 0.108. The Bertz CT molecular complexity index is 365. The quantitative estimate of drug-likeness (QED) is 0.739. The summed E-state index contributed by atoms with van der Waals surface area (Å²) in [6, 6.07) is 2.08. The van der Waals surface area contributed by atoms with Gasteiger partial charge in [-0.25, -0.2) is 0 Å². The van der Waals surface area contributed by atoms with Crippen LogP contribution in [0.4, 0.5) is 13.2 Å². The van der Waals surface area contributed by atoms with Gasteiger partial charge < -0.3 is 10.1 Å². The van der Waals surface area contributed by atoms with Gasteiger partial charge in [0.2, 0.25) is 0 Å². The van der Waals surface area contributed by atoms with Crippen LogP contribution in [0.5, 0.6) is 0 Å². The van der Waals surface area contributed by atoms with Crippen LogP contribution in [0.25, 0.3) is 0 Å². The number of alkyl halides is 3. The van der Waals surface area contributed by atoms with Crippen LogP contribution in [0.2, 0.25) is 0 Å². The Hall–Kier alpha value is -1.08.